The Kier molecular flexibility index (Phi) is 4.01. The highest BCUT2D eigenvalue weighted by Gasteiger charge is 2.19. The Morgan fingerprint density at radius 1 is 1.56 bits per heavy atom. The fourth-order valence-corrected chi connectivity index (χ4v) is 1.16. The molecule has 0 aliphatic rings. The smallest absolute Gasteiger partial charge is 0.332 e. The van der Waals surface area contributed by atoms with Gasteiger partial charge in [-0.2, -0.15) is 0 Å². The molecule has 0 aromatic carbocycles. The van der Waals surface area contributed by atoms with Crippen molar-refractivity contribution in [1.29, 1.82) is 0 Å². The van der Waals surface area contributed by atoms with Gasteiger partial charge in [0.05, 0.1) is 5.69 Å². The second kappa shape index (κ2) is 5.26. The summed E-state index contributed by atoms with van der Waals surface area (Å²) in [5.41, 5.74) is 2.81. The Bertz CT molecular complexity index is 399. The molecule has 16 heavy (non-hydrogen) atoms. The van der Waals surface area contributed by atoms with Gasteiger partial charge in [0.25, 0.3) is 5.91 Å². The summed E-state index contributed by atoms with van der Waals surface area (Å²) in [7, 11) is 0. The van der Waals surface area contributed by atoms with E-state index in [-0.39, 0.29) is 5.56 Å². The highest BCUT2D eigenvalue weighted by Crippen LogP contribution is 2.13. The van der Waals surface area contributed by atoms with E-state index in [4.69, 9.17) is 9.63 Å². The molecule has 0 atom stereocenters. The first-order valence-corrected chi connectivity index (χ1v) is 4.65. The zero-order valence-electron chi connectivity index (χ0n) is 8.94. The van der Waals surface area contributed by atoms with Crippen molar-refractivity contribution in [3.63, 3.8) is 0 Å². The van der Waals surface area contributed by atoms with Crippen LogP contribution in [-0.4, -0.2) is 28.7 Å². The van der Waals surface area contributed by atoms with Crippen molar-refractivity contribution in [2.24, 2.45) is 0 Å². The van der Waals surface area contributed by atoms with E-state index in [2.05, 4.69) is 9.99 Å². The zero-order chi connectivity index (χ0) is 12.1. The Morgan fingerprint density at radius 3 is 2.81 bits per heavy atom. The predicted molar refractivity (Wildman–Crippen MR) is 51.7 cm³/mol. The van der Waals surface area contributed by atoms with Crippen LogP contribution in [-0.2, 0) is 16.1 Å². The van der Waals surface area contributed by atoms with Crippen LogP contribution in [0, 0.1) is 6.92 Å². The van der Waals surface area contributed by atoms with Gasteiger partial charge in [-0.1, -0.05) is 12.1 Å². The number of carboxylic acids is 1. The number of hydroxylamine groups is 1. The maximum atomic E-state index is 11.6. The first-order chi connectivity index (χ1) is 7.56. The molecule has 0 fully saturated rings. The average molecular weight is 228 g/mol. The zero-order valence-corrected chi connectivity index (χ0v) is 8.94. The van der Waals surface area contributed by atoms with E-state index in [1.165, 1.54) is 0 Å². The third kappa shape index (κ3) is 2.80. The van der Waals surface area contributed by atoms with Gasteiger partial charge >= 0.3 is 5.97 Å². The number of carbonyl (C=O) groups is 2. The lowest BCUT2D eigenvalue weighted by molar-refractivity contribution is -0.144. The number of aromatic nitrogens is 1. The molecule has 0 saturated heterocycles. The van der Waals surface area contributed by atoms with Gasteiger partial charge in [-0.15, -0.1) is 0 Å². The molecule has 0 radical (unpaired) electrons. The van der Waals surface area contributed by atoms with Gasteiger partial charge in [0, 0.05) is 0 Å². The van der Waals surface area contributed by atoms with E-state index in [1.54, 1.807) is 6.92 Å². The largest absolute Gasteiger partial charge is 0.479 e. The molecule has 0 aliphatic carbocycles. The van der Waals surface area contributed by atoms with E-state index < -0.39 is 18.5 Å². The summed E-state index contributed by atoms with van der Waals surface area (Å²) in [6, 6.07) is 0. The summed E-state index contributed by atoms with van der Waals surface area (Å²) in [6.45, 7) is 2.82. The Labute approximate surface area is 91.3 Å². The van der Waals surface area contributed by atoms with Gasteiger partial charge in [-0.05, 0) is 13.3 Å². The second-order valence-electron chi connectivity index (χ2n) is 3.03. The van der Waals surface area contributed by atoms with Crippen LogP contribution in [0.2, 0.25) is 0 Å². The molecule has 0 unspecified atom stereocenters. The number of aryl methyl sites for hydroxylation is 2. The fraction of sp³-hybridized carbons (Fsp3) is 0.444. The van der Waals surface area contributed by atoms with Gasteiger partial charge in [0.15, 0.2) is 6.61 Å². The molecule has 88 valence electrons. The van der Waals surface area contributed by atoms with Gasteiger partial charge < -0.3 is 9.63 Å². The quantitative estimate of drug-likeness (QED) is 0.702. The molecule has 1 heterocycles. The summed E-state index contributed by atoms with van der Waals surface area (Å²) in [4.78, 5) is 26.2. The van der Waals surface area contributed by atoms with Gasteiger partial charge in [-0.3, -0.25) is 9.63 Å². The maximum Gasteiger partial charge on any atom is 0.332 e. The fourth-order valence-electron chi connectivity index (χ4n) is 1.16. The molecule has 0 saturated carbocycles. The normalized spacial score (nSPS) is 10.1. The number of rotatable bonds is 5. The number of hydrogen-bond acceptors (Lipinski definition) is 5. The van der Waals surface area contributed by atoms with E-state index in [1.807, 2.05) is 12.4 Å². The minimum Gasteiger partial charge on any atom is -0.479 e. The molecular weight excluding hydrogens is 216 g/mol. The number of carbonyl (C=O) groups excluding carboxylic acids is 1. The highest BCUT2D eigenvalue weighted by atomic mass is 16.7. The number of aliphatic carboxylic acids is 1. The number of amides is 1. The van der Waals surface area contributed by atoms with E-state index in [0.717, 1.165) is 0 Å². The number of carboxylic acid groups (broad SMARTS) is 1. The molecule has 0 spiro atoms. The third-order valence-corrected chi connectivity index (χ3v) is 1.86. The Balaban J connectivity index is 2.65. The molecule has 7 heteroatoms. The lowest BCUT2D eigenvalue weighted by Crippen LogP contribution is -2.27. The molecule has 2 N–H and O–H groups in total. The van der Waals surface area contributed by atoms with Gasteiger partial charge in [-0.25, -0.2) is 10.3 Å². The van der Waals surface area contributed by atoms with Crippen LogP contribution >= 0.6 is 0 Å². The van der Waals surface area contributed by atoms with Crippen LogP contribution in [0.5, 0.6) is 0 Å². The predicted octanol–water partition coefficient (Wildman–Crippen LogP) is 0.291. The SMILES string of the molecule is CCc1noc(C)c1C(=O)NOCC(=O)O. The summed E-state index contributed by atoms with van der Waals surface area (Å²) >= 11 is 0. The van der Waals surface area contributed by atoms with Crippen molar-refractivity contribution in [1.82, 2.24) is 10.6 Å². The molecule has 1 aromatic rings. The van der Waals surface area contributed by atoms with Crippen molar-refractivity contribution >= 4 is 11.9 Å². The van der Waals surface area contributed by atoms with Gasteiger partial charge in [0.2, 0.25) is 0 Å². The molecule has 1 amide bonds. The maximum absolute atomic E-state index is 11.6. The van der Waals surface area contributed by atoms with Crippen molar-refractivity contribution in [2.75, 3.05) is 6.61 Å². The second-order valence-corrected chi connectivity index (χ2v) is 3.03. The van der Waals surface area contributed by atoms with Crippen LogP contribution in [0.1, 0.15) is 28.7 Å². The van der Waals surface area contributed by atoms with Gasteiger partial charge in [0.1, 0.15) is 11.3 Å². The van der Waals surface area contributed by atoms with Crippen molar-refractivity contribution < 1.29 is 24.1 Å². The van der Waals surface area contributed by atoms with Crippen molar-refractivity contribution in [3.8, 4) is 0 Å². The van der Waals surface area contributed by atoms with Crippen LogP contribution < -0.4 is 5.48 Å². The molecular formula is C9H12N2O5. The number of nitrogens with zero attached hydrogens (tertiary/aromatic N) is 1. The molecule has 1 aromatic heterocycles. The first kappa shape index (κ1) is 12.2. The summed E-state index contributed by atoms with van der Waals surface area (Å²) in [5.74, 6) is -1.36. The summed E-state index contributed by atoms with van der Waals surface area (Å²) in [6.07, 6.45) is 0.541. The number of hydrogen-bond donors (Lipinski definition) is 2. The standard InChI is InChI=1S/C9H12N2O5/c1-3-6-8(5(2)16-10-6)9(14)11-15-4-7(12)13/h3-4H2,1-2H3,(H,11,14)(H,12,13). The van der Waals surface area contributed by atoms with Crippen LogP contribution in [0.4, 0.5) is 0 Å². The van der Waals surface area contributed by atoms with Crippen LogP contribution in [0.15, 0.2) is 4.52 Å². The Morgan fingerprint density at radius 2 is 2.25 bits per heavy atom. The Hall–Kier alpha value is -1.89. The lowest BCUT2D eigenvalue weighted by Gasteiger charge is -2.03. The lowest BCUT2D eigenvalue weighted by atomic mass is 10.1. The average Bonchev–Trinajstić information content (AvgIpc) is 2.58. The van der Waals surface area contributed by atoms with E-state index in [0.29, 0.717) is 17.9 Å². The third-order valence-electron chi connectivity index (χ3n) is 1.86. The van der Waals surface area contributed by atoms with Crippen molar-refractivity contribution in [3.05, 3.63) is 17.0 Å². The summed E-state index contributed by atoms with van der Waals surface area (Å²) in [5, 5.41) is 12.0. The van der Waals surface area contributed by atoms with E-state index >= 15 is 0 Å². The minimum absolute atomic E-state index is 0.285. The molecule has 7 nitrogen and oxygen atoms in total. The number of nitrogens with one attached hydrogen (secondary N) is 1. The molecule has 0 bridgehead atoms. The summed E-state index contributed by atoms with van der Waals surface area (Å²) < 4.78 is 4.85. The highest BCUT2D eigenvalue weighted by molar-refractivity contribution is 5.95. The van der Waals surface area contributed by atoms with Crippen LogP contribution in [0.3, 0.4) is 0 Å². The monoisotopic (exact) mass is 228 g/mol. The van der Waals surface area contributed by atoms with Crippen LogP contribution in [0.25, 0.3) is 0 Å². The van der Waals surface area contributed by atoms with Crippen molar-refractivity contribution in [2.45, 2.75) is 20.3 Å². The molecule has 0 aliphatic heterocycles. The first-order valence-electron chi connectivity index (χ1n) is 4.65. The minimum atomic E-state index is -1.17. The molecule has 1 rings (SSSR count). The topological polar surface area (TPSA) is 102 Å². The van der Waals surface area contributed by atoms with E-state index in [9.17, 15) is 9.59 Å².